The van der Waals surface area contributed by atoms with Gasteiger partial charge in [-0.15, -0.1) is 0 Å². The number of aryl methyl sites for hydroxylation is 1. The summed E-state index contributed by atoms with van der Waals surface area (Å²) < 4.78 is 26.0. The fraction of sp³-hybridized carbons (Fsp3) is 0.333. The summed E-state index contributed by atoms with van der Waals surface area (Å²) in [5, 5.41) is 13.8. The molecule has 0 aliphatic carbocycles. The predicted molar refractivity (Wildman–Crippen MR) is 67.0 cm³/mol. The third kappa shape index (κ3) is 3.91. The molecule has 0 spiro atoms. The van der Waals surface area contributed by atoms with Crippen molar-refractivity contribution in [2.45, 2.75) is 11.8 Å². The van der Waals surface area contributed by atoms with Gasteiger partial charge in [0.25, 0.3) is 5.69 Å². The normalized spacial score (nSPS) is 10.8. The van der Waals surface area contributed by atoms with Crippen LogP contribution in [0.3, 0.4) is 0 Å². The van der Waals surface area contributed by atoms with Crippen LogP contribution in [0.2, 0.25) is 0 Å². The molecule has 1 rings (SSSR count). The Morgan fingerprint density at radius 2 is 2.21 bits per heavy atom. The summed E-state index contributed by atoms with van der Waals surface area (Å²) in [7, 11) is -3.87. The van der Waals surface area contributed by atoms with Crippen LogP contribution in [0, 0.1) is 17.0 Å². The van der Waals surface area contributed by atoms with Gasteiger partial charge in [0.05, 0.1) is 9.82 Å². The van der Waals surface area contributed by atoms with Gasteiger partial charge in [0.1, 0.15) is 0 Å². The van der Waals surface area contributed by atoms with E-state index in [-0.39, 0.29) is 23.7 Å². The molecule has 1 aromatic rings. The van der Waals surface area contributed by atoms with Crippen molar-refractivity contribution < 1.29 is 13.3 Å². The Kier molecular flexibility index (Phi) is 4.81. The van der Waals surface area contributed by atoms with Crippen LogP contribution in [-0.4, -0.2) is 26.4 Å². The van der Waals surface area contributed by atoms with Crippen LogP contribution in [0.15, 0.2) is 28.2 Å². The number of hydrogen-bond donors (Lipinski definition) is 1. The second-order valence-corrected chi connectivity index (χ2v) is 5.29. The Bertz CT molecular complexity index is 636. The van der Waals surface area contributed by atoms with E-state index < -0.39 is 14.9 Å². The van der Waals surface area contributed by atoms with E-state index in [0.29, 0.717) is 5.56 Å². The quantitative estimate of drug-likeness (QED) is 0.211. The maximum absolute atomic E-state index is 11.9. The summed E-state index contributed by atoms with van der Waals surface area (Å²) in [6, 6.07) is 3.58. The summed E-state index contributed by atoms with van der Waals surface area (Å²) in [5.41, 5.74) is 8.15. The first kappa shape index (κ1) is 14.9. The number of rotatable bonds is 6. The molecule has 0 aliphatic rings. The molecule has 19 heavy (non-hydrogen) atoms. The number of nitrogens with zero attached hydrogens (tertiary/aromatic N) is 4. The zero-order valence-electron chi connectivity index (χ0n) is 9.98. The third-order valence-electron chi connectivity index (χ3n) is 2.24. The average Bonchev–Trinajstić information content (AvgIpc) is 2.34. The Balaban J connectivity index is 3.03. The number of benzene rings is 1. The van der Waals surface area contributed by atoms with E-state index >= 15 is 0 Å². The molecule has 0 atom stereocenters. The Labute approximate surface area is 109 Å². The first-order valence-corrected chi connectivity index (χ1v) is 6.62. The summed E-state index contributed by atoms with van der Waals surface area (Å²) in [6.45, 7) is 1.42. The number of sulfonamides is 1. The van der Waals surface area contributed by atoms with E-state index in [2.05, 4.69) is 14.7 Å². The first-order valence-electron chi connectivity index (χ1n) is 5.14. The largest absolute Gasteiger partial charge is 0.270 e. The molecule has 0 bridgehead atoms. The van der Waals surface area contributed by atoms with Crippen LogP contribution >= 0.6 is 0 Å². The van der Waals surface area contributed by atoms with E-state index in [1.165, 1.54) is 19.1 Å². The van der Waals surface area contributed by atoms with Gasteiger partial charge < -0.3 is 0 Å². The summed E-state index contributed by atoms with van der Waals surface area (Å²) >= 11 is 0. The van der Waals surface area contributed by atoms with Gasteiger partial charge in [-0.2, -0.15) is 0 Å². The van der Waals surface area contributed by atoms with Crippen molar-refractivity contribution in [1.29, 1.82) is 0 Å². The summed E-state index contributed by atoms with van der Waals surface area (Å²) in [6.07, 6.45) is 0. The molecule has 0 saturated carbocycles. The zero-order valence-corrected chi connectivity index (χ0v) is 10.8. The molecule has 9 nitrogen and oxygen atoms in total. The highest BCUT2D eigenvalue weighted by atomic mass is 32.2. The van der Waals surface area contributed by atoms with E-state index in [1.54, 1.807) is 0 Å². The monoisotopic (exact) mass is 285 g/mol. The number of nitro benzene ring substituents is 1. The van der Waals surface area contributed by atoms with Gasteiger partial charge in [0.2, 0.25) is 10.0 Å². The third-order valence-corrected chi connectivity index (χ3v) is 3.84. The molecule has 0 unspecified atom stereocenters. The van der Waals surface area contributed by atoms with Gasteiger partial charge in [-0.1, -0.05) is 11.2 Å². The highest BCUT2D eigenvalue weighted by molar-refractivity contribution is 7.89. The number of nitrogens with one attached hydrogen (secondary N) is 1. The molecular formula is C9H11N5O4S. The van der Waals surface area contributed by atoms with Crippen LogP contribution in [0.5, 0.6) is 0 Å². The molecule has 1 N–H and O–H groups in total. The fourth-order valence-corrected chi connectivity index (χ4v) is 2.63. The van der Waals surface area contributed by atoms with Crippen molar-refractivity contribution in [3.8, 4) is 0 Å². The van der Waals surface area contributed by atoms with Crippen LogP contribution in [0.4, 0.5) is 5.69 Å². The van der Waals surface area contributed by atoms with Gasteiger partial charge in [-0.25, -0.2) is 13.1 Å². The molecule has 0 fully saturated rings. The first-order chi connectivity index (χ1) is 8.88. The highest BCUT2D eigenvalue weighted by Gasteiger charge is 2.19. The fourth-order valence-electron chi connectivity index (χ4n) is 1.34. The maximum atomic E-state index is 11.9. The highest BCUT2D eigenvalue weighted by Crippen LogP contribution is 2.21. The molecule has 0 aromatic heterocycles. The minimum Gasteiger partial charge on any atom is -0.258 e. The second-order valence-electron chi connectivity index (χ2n) is 3.56. The van der Waals surface area contributed by atoms with Gasteiger partial charge in [-0.3, -0.25) is 10.1 Å². The Morgan fingerprint density at radius 1 is 1.53 bits per heavy atom. The van der Waals surface area contributed by atoms with Crippen molar-refractivity contribution in [1.82, 2.24) is 4.72 Å². The standard InChI is InChI=1S/C9H11N5O4S/c1-7-2-3-8(14(15)16)6-9(7)19(17,18)12-5-4-11-13-10/h2-3,6,12H,4-5H2,1H3. The van der Waals surface area contributed by atoms with Crippen LogP contribution in [-0.2, 0) is 10.0 Å². The summed E-state index contributed by atoms with van der Waals surface area (Å²) in [4.78, 5) is 12.3. The van der Waals surface area contributed by atoms with E-state index in [4.69, 9.17) is 5.53 Å². The molecule has 0 aliphatic heterocycles. The number of hydrogen-bond acceptors (Lipinski definition) is 5. The van der Waals surface area contributed by atoms with E-state index in [1.807, 2.05) is 0 Å². The number of nitro groups is 1. The van der Waals surface area contributed by atoms with Crippen molar-refractivity contribution in [2.24, 2.45) is 5.11 Å². The zero-order chi connectivity index (χ0) is 14.5. The SMILES string of the molecule is Cc1ccc([N+](=O)[O-])cc1S(=O)(=O)NCCN=[N+]=[N-]. The predicted octanol–water partition coefficient (Wildman–Crippen LogP) is 1.49. The molecule has 1 aromatic carbocycles. The van der Waals surface area contributed by atoms with Gasteiger partial charge in [0, 0.05) is 30.1 Å². The van der Waals surface area contributed by atoms with Crippen molar-refractivity contribution in [2.75, 3.05) is 13.1 Å². The lowest BCUT2D eigenvalue weighted by atomic mass is 10.2. The van der Waals surface area contributed by atoms with E-state index in [0.717, 1.165) is 6.07 Å². The molecule has 0 saturated heterocycles. The summed E-state index contributed by atoms with van der Waals surface area (Å²) in [5.74, 6) is 0. The molecule has 0 heterocycles. The van der Waals surface area contributed by atoms with Crippen LogP contribution in [0.25, 0.3) is 10.4 Å². The smallest absolute Gasteiger partial charge is 0.258 e. The molecule has 0 amide bonds. The van der Waals surface area contributed by atoms with Crippen molar-refractivity contribution in [3.05, 3.63) is 44.3 Å². The lowest BCUT2D eigenvalue weighted by molar-refractivity contribution is -0.385. The van der Waals surface area contributed by atoms with Crippen molar-refractivity contribution >= 4 is 15.7 Å². The lowest BCUT2D eigenvalue weighted by Gasteiger charge is -2.08. The molecule has 0 radical (unpaired) electrons. The Morgan fingerprint density at radius 3 is 2.79 bits per heavy atom. The molecule has 10 heteroatoms. The van der Waals surface area contributed by atoms with E-state index in [9.17, 15) is 18.5 Å². The topological polar surface area (TPSA) is 138 Å². The van der Waals surface area contributed by atoms with Crippen LogP contribution < -0.4 is 4.72 Å². The maximum Gasteiger partial charge on any atom is 0.270 e. The van der Waals surface area contributed by atoms with Gasteiger partial charge in [-0.05, 0) is 18.0 Å². The number of azide groups is 1. The Hall–Kier alpha value is -2.16. The minimum absolute atomic E-state index is 0.0380. The molecule has 102 valence electrons. The van der Waals surface area contributed by atoms with Gasteiger partial charge in [0.15, 0.2) is 0 Å². The van der Waals surface area contributed by atoms with Gasteiger partial charge >= 0.3 is 0 Å². The lowest BCUT2D eigenvalue weighted by Crippen LogP contribution is -2.26. The van der Waals surface area contributed by atoms with Crippen molar-refractivity contribution in [3.63, 3.8) is 0 Å². The molecular weight excluding hydrogens is 274 g/mol. The average molecular weight is 285 g/mol. The van der Waals surface area contributed by atoms with Crippen LogP contribution in [0.1, 0.15) is 5.56 Å². The number of non-ortho nitro benzene ring substituents is 1. The minimum atomic E-state index is -3.87. The second kappa shape index (κ2) is 6.14.